The first-order chi connectivity index (χ1) is 24.1. The predicted molar refractivity (Wildman–Crippen MR) is 207 cm³/mol. The molecule has 0 amide bonds. The molecular weight excluding hydrogens is 748 g/mol. The molecule has 0 aliphatic carbocycles. The summed E-state index contributed by atoms with van der Waals surface area (Å²) in [5, 5.41) is 3.89. The Bertz CT molecular complexity index is 2680. The predicted octanol–water partition coefficient (Wildman–Crippen LogP) is 7.98. The molecule has 51 heavy (non-hydrogen) atoms. The molecule has 3 aliphatic rings. The zero-order valence-electron chi connectivity index (χ0n) is 30.3. The zero-order chi connectivity index (χ0) is 35.6. The Hall–Kier alpha value is -4.85. The molecule has 4 N–H and O–H groups in total. The van der Waals surface area contributed by atoms with Gasteiger partial charge in [0.05, 0.1) is 0 Å². The molecule has 8 bridgehead atoms. The normalized spacial score (nSPS) is 14.5. The van der Waals surface area contributed by atoms with Crippen molar-refractivity contribution < 1.29 is 0 Å². The van der Waals surface area contributed by atoms with Crippen molar-refractivity contribution in [3.63, 3.8) is 0 Å². The number of hydrogen-bond donors (Lipinski definition) is 4. The summed E-state index contributed by atoms with van der Waals surface area (Å²) in [5.41, 5.74) is 9.90. The van der Waals surface area contributed by atoms with E-state index in [1.54, 1.807) is 0 Å². The van der Waals surface area contributed by atoms with Crippen molar-refractivity contribution >= 4 is 77.0 Å². The SMILES string of the molecule is CC(C)(C)c1ccc2c(c1)-c1nc-2nc2[nH]c(nc3nc(nc4[nH]c(n1)c1ccc(C(C)(C)C)cc41)C1=C3N[Te]N1)c1ccc(C(C)(C)C)cc21. The summed E-state index contributed by atoms with van der Waals surface area (Å²) in [4.78, 5) is 38.2. The average molecular weight is 788 g/mol. The molecule has 0 unspecified atom stereocenters. The number of rotatable bonds is 0. The van der Waals surface area contributed by atoms with Gasteiger partial charge in [-0.2, -0.15) is 0 Å². The zero-order valence-corrected chi connectivity index (χ0v) is 32.6. The van der Waals surface area contributed by atoms with Gasteiger partial charge in [-0.3, -0.25) is 0 Å². The molecule has 0 saturated carbocycles. The van der Waals surface area contributed by atoms with E-state index in [0.29, 0.717) is 45.9 Å². The molecule has 0 saturated heterocycles. The van der Waals surface area contributed by atoms with E-state index in [0.717, 1.165) is 44.1 Å². The van der Waals surface area contributed by atoms with Gasteiger partial charge in [-0.05, 0) is 5.41 Å². The number of H-pyrrole nitrogens is 2. The fraction of sp³-hybridized carbons (Fsp3) is 0.300. The molecular formula is C40H40N10Te. The van der Waals surface area contributed by atoms with Crippen molar-refractivity contribution in [2.24, 2.45) is 0 Å². The summed E-state index contributed by atoms with van der Waals surface area (Å²) in [7, 11) is 0. The van der Waals surface area contributed by atoms with Crippen LogP contribution in [0.1, 0.15) is 90.7 Å². The molecule has 11 heteroatoms. The summed E-state index contributed by atoms with van der Waals surface area (Å²) in [6.45, 7) is 20.0. The van der Waals surface area contributed by atoms with E-state index >= 15 is 0 Å². The Morgan fingerprint density at radius 3 is 1.29 bits per heavy atom. The Kier molecular flexibility index (Phi) is 6.81. The molecule has 6 heterocycles. The molecule has 0 spiro atoms. The molecule has 10 nitrogen and oxygen atoms in total. The van der Waals surface area contributed by atoms with Gasteiger partial charge in [-0.15, -0.1) is 0 Å². The molecule has 9 rings (SSSR count). The summed E-state index contributed by atoms with van der Waals surface area (Å²) < 4.78 is 7.12. The Balaban J connectivity index is 1.45. The second-order valence-corrected chi connectivity index (χ2v) is 18.4. The first-order valence-corrected chi connectivity index (χ1v) is 19.6. The number of nitrogens with one attached hydrogen (secondary N) is 4. The molecule has 3 aromatic heterocycles. The third-order valence-electron chi connectivity index (χ3n) is 9.93. The molecule has 0 atom stereocenters. The van der Waals surface area contributed by atoms with E-state index in [9.17, 15) is 0 Å². The fourth-order valence-electron chi connectivity index (χ4n) is 6.80. The van der Waals surface area contributed by atoms with Gasteiger partial charge in [0.25, 0.3) is 0 Å². The van der Waals surface area contributed by atoms with Gasteiger partial charge in [-0.1, -0.05) is 20.8 Å². The third kappa shape index (κ3) is 5.28. The van der Waals surface area contributed by atoms with Crippen molar-refractivity contribution in [2.45, 2.75) is 78.6 Å². The number of nitrogens with zero attached hydrogens (tertiary/aromatic N) is 6. The molecule has 3 aliphatic heterocycles. The number of aromatic nitrogens is 8. The molecule has 256 valence electrons. The Morgan fingerprint density at radius 1 is 0.412 bits per heavy atom. The van der Waals surface area contributed by atoms with Crippen LogP contribution in [0.4, 0.5) is 0 Å². The van der Waals surface area contributed by atoms with Crippen LogP contribution < -0.4 is 7.13 Å². The monoisotopic (exact) mass is 790 g/mol. The van der Waals surface area contributed by atoms with Crippen molar-refractivity contribution in [1.82, 2.24) is 47.0 Å². The number of hydrogen-bond acceptors (Lipinski definition) is 8. The number of fused-ring (bicyclic) bond motifs is 19. The van der Waals surface area contributed by atoms with E-state index in [2.05, 4.69) is 134 Å². The van der Waals surface area contributed by atoms with Gasteiger partial charge in [0.15, 0.2) is 0 Å². The summed E-state index contributed by atoms with van der Waals surface area (Å²) in [6.07, 6.45) is 0. The third-order valence-corrected chi connectivity index (χ3v) is 11.7. The molecule has 0 radical (unpaired) electrons. The van der Waals surface area contributed by atoms with E-state index in [-0.39, 0.29) is 16.2 Å². The van der Waals surface area contributed by atoms with Crippen LogP contribution in [0.25, 0.3) is 78.3 Å². The first-order valence-electron chi connectivity index (χ1n) is 17.3. The maximum absolute atomic E-state index is 5.27. The van der Waals surface area contributed by atoms with Crippen molar-refractivity contribution in [1.29, 1.82) is 0 Å². The van der Waals surface area contributed by atoms with E-state index in [4.69, 9.17) is 29.9 Å². The van der Waals surface area contributed by atoms with Crippen LogP contribution in [0.5, 0.6) is 0 Å². The van der Waals surface area contributed by atoms with Crippen molar-refractivity contribution in [3.8, 4) is 22.8 Å². The minimum absolute atomic E-state index is 0.0494. The van der Waals surface area contributed by atoms with E-state index in [1.807, 2.05) is 0 Å². The van der Waals surface area contributed by atoms with Crippen LogP contribution in [0.3, 0.4) is 0 Å². The van der Waals surface area contributed by atoms with Crippen LogP contribution >= 0.6 is 0 Å². The number of benzene rings is 3. The van der Waals surface area contributed by atoms with Crippen LogP contribution in [0, 0.1) is 0 Å². The second-order valence-electron chi connectivity index (χ2n) is 16.7. The van der Waals surface area contributed by atoms with E-state index < -0.39 is 21.5 Å². The Labute approximate surface area is 306 Å². The van der Waals surface area contributed by atoms with Crippen LogP contribution in [0.2, 0.25) is 0 Å². The van der Waals surface area contributed by atoms with Gasteiger partial charge in [-0.25, -0.2) is 0 Å². The maximum atomic E-state index is 5.27. The van der Waals surface area contributed by atoms with Gasteiger partial charge < -0.3 is 0 Å². The summed E-state index contributed by atoms with van der Waals surface area (Å²) in [5.74, 6) is 2.39. The molecule has 0 fully saturated rings. The van der Waals surface area contributed by atoms with Gasteiger partial charge in [0.2, 0.25) is 0 Å². The van der Waals surface area contributed by atoms with Gasteiger partial charge in [0.1, 0.15) is 0 Å². The average Bonchev–Trinajstić information content (AvgIpc) is 3.87. The van der Waals surface area contributed by atoms with Crippen molar-refractivity contribution in [3.05, 3.63) is 82.9 Å². The van der Waals surface area contributed by atoms with Gasteiger partial charge >= 0.3 is 282 Å². The van der Waals surface area contributed by atoms with Crippen LogP contribution in [0.15, 0.2) is 54.6 Å². The fourth-order valence-corrected chi connectivity index (χ4v) is 8.63. The summed E-state index contributed by atoms with van der Waals surface area (Å²) in [6, 6.07) is 19.6. The van der Waals surface area contributed by atoms with Crippen molar-refractivity contribution in [2.75, 3.05) is 0 Å². The van der Waals surface area contributed by atoms with Gasteiger partial charge in [0, 0.05) is 0 Å². The quantitative estimate of drug-likeness (QED) is 0.114. The number of aromatic amines is 2. The van der Waals surface area contributed by atoms with E-state index in [1.165, 1.54) is 16.7 Å². The topological polar surface area (TPSA) is 133 Å². The van der Waals surface area contributed by atoms with Crippen LogP contribution in [-0.4, -0.2) is 61.3 Å². The molecule has 3 aromatic carbocycles. The van der Waals surface area contributed by atoms with Crippen LogP contribution in [-0.2, 0) is 16.2 Å². The Morgan fingerprint density at radius 2 is 0.804 bits per heavy atom. The summed E-state index contributed by atoms with van der Waals surface area (Å²) >= 11 is -0.710. The first kappa shape index (κ1) is 32.1. The minimum atomic E-state index is -0.710. The second kappa shape index (κ2) is 10.8. The standard InChI is InChI=1S/C40H40N10Te/c1-38(2,3)19-10-13-22-25(16-19)33-41-30(22)42-34-26-17-20(39(4,5)6)12-15-24(26)32(45-34)46-36-28-29(50-51-49-28)37(48-36)47-35-27-18-21(40(7,8)9)11-14-23(27)31(43-33)44-35/h10-18,49-50H,1-9H3,(H2,41,42,43,44,45,46,47,48). The molecule has 6 aromatic rings.